The standard InChI is InChI=1S/C17H13IN4O4S/c1-10-2-7-13(22(24)25)8-14(10)19-15(23)9-27-17-21-20-16(26-17)11-3-5-12(18)6-4-11/h2-8H,9H2,1H3,(H,19,23). The van der Waals surface area contributed by atoms with Gasteiger partial charge in [-0.05, 0) is 59.3 Å². The lowest BCUT2D eigenvalue weighted by atomic mass is 10.2. The van der Waals surface area contributed by atoms with E-state index in [9.17, 15) is 14.9 Å². The first-order chi connectivity index (χ1) is 12.9. The van der Waals surface area contributed by atoms with Crippen molar-refractivity contribution in [1.29, 1.82) is 0 Å². The lowest BCUT2D eigenvalue weighted by molar-refractivity contribution is -0.384. The molecule has 0 spiro atoms. The molecule has 0 saturated heterocycles. The molecule has 0 radical (unpaired) electrons. The molecular formula is C17H13IN4O4S. The van der Waals surface area contributed by atoms with Crippen molar-refractivity contribution < 1.29 is 14.1 Å². The van der Waals surface area contributed by atoms with Gasteiger partial charge in [-0.15, -0.1) is 10.2 Å². The largest absolute Gasteiger partial charge is 0.411 e. The summed E-state index contributed by atoms with van der Waals surface area (Å²) in [5.74, 6) is 0.0950. The Balaban J connectivity index is 1.61. The number of anilines is 1. The molecule has 0 aliphatic heterocycles. The molecule has 0 bridgehead atoms. The number of amides is 1. The van der Waals surface area contributed by atoms with E-state index >= 15 is 0 Å². The fourth-order valence-corrected chi connectivity index (χ4v) is 3.07. The zero-order chi connectivity index (χ0) is 19.4. The highest BCUT2D eigenvalue weighted by Gasteiger charge is 2.14. The molecule has 0 fully saturated rings. The molecule has 138 valence electrons. The van der Waals surface area contributed by atoms with Gasteiger partial charge in [-0.2, -0.15) is 0 Å². The number of benzene rings is 2. The normalized spacial score (nSPS) is 10.6. The number of halogens is 1. The van der Waals surface area contributed by atoms with Crippen molar-refractivity contribution in [2.24, 2.45) is 0 Å². The van der Waals surface area contributed by atoms with Crippen LogP contribution in [0.3, 0.4) is 0 Å². The predicted molar refractivity (Wildman–Crippen MR) is 110 cm³/mol. The molecule has 0 aliphatic rings. The van der Waals surface area contributed by atoms with E-state index < -0.39 is 4.92 Å². The Kier molecular flexibility index (Phi) is 6.06. The molecule has 1 N–H and O–H groups in total. The van der Waals surface area contributed by atoms with E-state index in [0.717, 1.165) is 26.5 Å². The van der Waals surface area contributed by atoms with Gasteiger partial charge in [-0.1, -0.05) is 17.8 Å². The first-order valence-corrected chi connectivity index (χ1v) is 9.76. The van der Waals surface area contributed by atoms with Crippen LogP contribution in [-0.4, -0.2) is 26.8 Å². The monoisotopic (exact) mass is 496 g/mol. The summed E-state index contributed by atoms with van der Waals surface area (Å²) in [5.41, 5.74) is 1.85. The predicted octanol–water partition coefficient (Wildman–Crippen LogP) is 4.29. The zero-order valence-corrected chi connectivity index (χ0v) is 17.0. The maximum Gasteiger partial charge on any atom is 0.277 e. The van der Waals surface area contributed by atoms with Crippen LogP contribution in [-0.2, 0) is 4.79 Å². The maximum atomic E-state index is 12.1. The molecular weight excluding hydrogens is 483 g/mol. The number of carbonyl (C=O) groups excluding carboxylic acids is 1. The smallest absolute Gasteiger partial charge is 0.277 e. The first kappa shape index (κ1) is 19.3. The van der Waals surface area contributed by atoms with Gasteiger partial charge >= 0.3 is 0 Å². The van der Waals surface area contributed by atoms with Crippen LogP contribution in [0.15, 0.2) is 52.1 Å². The van der Waals surface area contributed by atoms with Crippen LogP contribution in [0.4, 0.5) is 11.4 Å². The van der Waals surface area contributed by atoms with Crippen molar-refractivity contribution in [1.82, 2.24) is 10.2 Å². The number of rotatable bonds is 6. The van der Waals surface area contributed by atoms with E-state index in [1.165, 1.54) is 12.1 Å². The van der Waals surface area contributed by atoms with Crippen LogP contribution in [0.25, 0.3) is 11.5 Å². The Morgan fingerprint density at radius 3 is 2.70 bits per heavy atom. The number of nitro groups is 1. The third-order valence-corrected chi connectivity index (χ3v) is 5.07. The van der Waals surface area contributed by atoms with Gasteiger partial charge in [0.15, 0.2) is 0 Å². The Bertz CT molecular complexity index is 991. The van der Waals surface area contributed by atoms with Gasteiger partial charge < -0.3 is 9.73 Å². The third-order valence-electron chi connectivity index (χ3n) is 3.53. The fourth-order valence-electron chi connectivity index (χ4n) is 2.15. The molecule has 27 heavy (non-hydrogen) atoms. The van der Waals surface area contributed by atoms with E-state index in [4.69, 9.17) is 4.42 Å². The Morgan fingerprint density at radius 1 is 1.26 bits per heavy atom. The summed E-state index contributed by atoms with van der Waals surface area (Å²) in [4.78, 5) is 22.5. The summed E-state index contributed by atoms with van der Waals surface area (Å²) in [7, 11) is 0. The summed E-state index contributed by atoms with van der Waals surface area (Å²) >= 11 is 3.30. The summed E-state index contributed by atoms with van der Waals surface area (Å²) in [6.07, 6.45) is 0. The van der Waals surface area contributed by atoms with Crippen molar-refractivity contribution in [2.45, 2.75) is 12.1 Å². The molecule has 1 aromatic heterocycles. The molecule has 3 aromatic rings. The van der Waals surface area contributed by atoms with Crippen molar-refractivity contribution in [3.8, 4) is 11.5 Å². The second kappa shape index (κ2) is 8.48. The molecule has 2 aromatic carbocycles. The number of thioether (sulfide) groups is 1. The van der Waals surface area contributed by atoms with Gasteiger partial charge in [0, 0.05) is 21.3 Å². The number of aryl methyl sites for hydroxylation is 1. The van der Waals surface area contributed by atoms with E-state index in [2.05, 4.69) is 38.1 Å². The summed E-state index contributed by atoms with van der Waals surface area (Å²) in [6, 6.07) is 11.9. The van der Waals surface area contributed by atoms with Gasteiger partial charge in [-0.25, -0.2) is 0 Å². The van der Waals surface area contributed by atoms with Crippen molar-refractivity contribution >= 4 is 51.6 Å². The third kappa shape index (κ3) is 5.04. The molecule has 0 saturated carbocycles. The average Bonchev–Trinajstić information content (AvgIpc) is 3.11. The fraction of sp³-hybridized carbons (Fsp3) is 0.118. The Morgan fingerprint density at radius 2 is 2.00 bits per heavy atom. The molecule has 8 nitrogen and oxygen atoms in total. The number of hydrogen-bond donors (Lipinski definition) is 1. The summed E-state index contributed by atoms with van der Waals surface area (Å²) in [5, 5.41) is 21.7. The van der Waals surface area contributed by atoms with Crippen molar-refractivity contribution in [3.05, 3.63) is 61.7 Å². The summed E-state index contributed by atoms with van der Waals surface area (Å²) in [6.45, 7) is 1.76. The topological polar surface area (TPSA) is 111 Å². The van der Waals surface area contributed by atoms with Crippen LogP contribution in [0, 0.1) is 20.6 Å². The Labute approximate surface area is 172 Å². The van der Waals surface area contributed by atoms with E-state index in [0.29, 0.717) is 11.6 Å². The first-order valence-electron chi connectivity index (χ1n) is 7.69. The highest BCUT2D eigenvalue weighted by molar-refractivity contribution is 14.1. The van der Waals surface area contributed by atoms with Crippen molar-refractivity contribution in [2.75, 3.05) is 11.1 Å². The molecule has 0 aliphatic carbocycles. The number of non-ortho nitro benzene ring substituents is 1. The number of nitrogens with zero attached hydrogens (tertiary/aromatic N) is 3. The Hall–Kier alpha value is -2.47. The molecule has 0 atom stereocenters. The van der Waals surface area contributed by atoms with Gasteiger partial charge in [0.25, 0.3) is 10.9 Å². The summed E-state index contributed by atoms with van der Waals surface area (Å²) < 4.78 is 6.65. The van der Waals surface area contributed by atoms with E-state index in [1.54, 1.807) is 13.0 Å². The van der Waals surface area contributed by atoms with Gasteiger partial charge in [0.05, 0.1) is 16.4 Å². The van der Waals surface area contributed by atoms with Crippen molar-refractivity contribution in [3.63, 3.8) is 0 Å². The van der Waals surface area contributed by atoms with Crippen LogP contribution in [0.2, 0.25) is 0 Å². The number of aromatic nitrogens is 2. The van der Waals surface area contributed by atoms with Gasteiger partial charge in [-0.3, -0.25) is 14.9 Å². The minimum Gasteiger partial charge on any atom is -0.411 e. The second-order valence-corrected chi connectivity index (χ2v) is 7.65. The second-order valence-electron chi connectivity index (χ2n) is 5.47. The van der Waals surface area contributed by atoms with Crippen LogP contribution in [0.1, 0.15) is 5.56 Å². The van der Waals surface area contributed by atoms with Crippen LogP contribution in [0.5, 0.6) is 0 Å². The lowest BCUT2D eigenvalue weighted by Crippen LogP contribution is -2.15. The number of nitro benzene ring substituents is 1. The van der Waals surface area contributed by atoms with Gasteiger partial charge in [0.1, 0.15) is 0 Å². The minimum atomic E-state index is -0.506. The molecule has 3 rings (SSSR count). The highest BCUT2D eigenvalue weighted by Crippen LogP contribution is 2.25. The van der Waals surface area contributed by atoms with Gasteiger partial charge in [0.2, 0.25) is 11.8 Å². The number of hydrogen-bond acceptors (Lipinski definition) is 7. The number of carbonyl (C=O) groups is 1. The lowest BCUT2D eigenvalue weighted by Gasteiger charge is -2.07. The molecule has 1 amide bonds. The highest BCUT2D eigenvalue weighted by atomic mass is 127. The molecule has 1 heterocycles. The SMILES string of the molecule is Cc1ccc([N+](=O)[O-])cc1NC(=O)CSc1nnc(-c2ccc(I)cc2)o1. The van der Waals surface area contributed by atoms with E-state index in [1.807, 2.05) is 24.3 Å². The maximum absolute atomic E-state index is 12.1. The molecule has 0 unspecified atom stereocenters. The zero-order valence-electron chi connectivity index (χ0n) is 14.0. The minimum absolute atomic E-state index is 0.0381. The molecule has 10 heteroatoms. The van der Waals surface area contributed by atoms with Crippen LogP contribution < -0.4 is 5.32 Å². The van der Waals surface area contributed by atoms with Crippen LogP contribution >= 0.6 is 34.4 Å². The average molecular weight is 496 g/mol. The van der Waals surface area contributed by atoms with E-state index in [-0.39, 0.29) is 22.6 Å². The quantitative estimate of drug-likeness (QED) is 0.235. The number of nitrogens with one attached hydrogen (secondary N) is 1.